The lowest BCUT2D eigenvalue weighted by Gasteiger charge is -2.10. The summed E-state index contributed by atoms with van der Waals surface area (Å²) in [5.41, 5.74) is 8.16. The van der Waals surface area contributed by atoms with E-state index in [4.69, 9.17) is 5.73 Å². The minimum atomic E-state index is -0.0897. The molecule has 1 unspecified atom stereocenters. The summed E-state index contributed by atoms with van der Waals surface area (Å²) < 4.78 is 2.11. The van der Waals surface area contributed by atoms with E-state index in [0.29, 0.717) is 6.04 Å². The second-order valence-corrected chi connectivity index (χ2v) is 5.21. The fourth-order valence-electron chi connectivity index (χ4n) is 2.70. The summed E-state index contributed by atoms with van der Waals surface area (Å²) in [6.07, 6.45) is 13.0. The van der Waals surface area contributed by atoms with Crippen LogP contribution in [0.5, 0.6) is 0 Å². The van der Waals surface area contributed by atoms with E-state index in [9.17, 15) is 0 Å². The molecule has 5 heteroatoms. The van der Waals surface area contributed by atoms with Gasteiger partial charge in [-0.1, -0.05) is 12.8 Å². The van der Waals surface area contributed by atoms with Crippen molar-refractivity contribution >= 4 is 0 Å². The summed E-state index contributed by atoms with van der Waals surface area (Å²) in [6.45, 7) is 0. The van der Waals surface area contributed by atoms with Crippen LogP contribution in [0.2, 0.25) is 0 Å². The number of nitrogens with two attached hydrogens (primary N) is 1. The standard InChI is InChI=1S/C14H19N5/c15-14(11-8-16-10-17-9-11)7-12-5-6-19(18-12)13-3-1-2-4-13/h5-6,8-10,13-14H,1-4,7,15H2. The third-order valence-corrected chi connectivity index (χ3v) is 3.80. The minimum Gasteiger partial charge on any atom is -0.324 e. The molecule has 2 aromatic heterocycles. The molecule has 1 fully saturated rings. The molecule has 0 aromatic carbocycles. The maximum absolute atomic E-state index is 6.16. The maximum atomic E-state index is 6.16. The largest absolute Gasteiger partial charge is 0.324 e. The zero-order valence-electron chi connectivity index (χ0n) is 10.9. The third-order valence-electron chi connectivity index (χ3n) is 3.80. The van der Waals surface area contributed by atoms with Gasteiger partial charge in [-0.15, -0.1) is 0 Å². The van der Waals surface area contributed by atoms with Crippen LogP contribution in [0, 0.1) is 0 Å². The van der Waals surface area contributed by atoms with Crippen LogP contribution in [0.15, 0.2) is 31.0 Å². The highest BCUT2D eigenvalue weighted by molar-refractivity contribution is 5.13. The maximum Gasteiger partial charge on any atom is 0.115 e. The molecule has 2 heterocycles. The van der Waals surface area contributed by atoms with Crippen molar-refractivity contribution in [2.24, 2.45) is 5.73 Å². The molecule has 1 atom stereocenters. The first-order chi connectivity index (χ1) is 9.33. The van der Waals surface area contributed by atoms with Gasteiger partial charge in [-0.05, 0) is 18.9 Å². The average molecular weight is 257 g/mol. The minimum absolute atomic E-state index is 0.0897. The molecule has 19 heavy (non-hydrogen) atoms. The predicted molar refractivity (Wildman–Crippen MR) is 72.4 cm³/mol. The van der Waals surface area contributed by atoms with Crippen molar-refractivity contribution in [3.8, 4) is 0 Å². The quantitative estimate of drug-likeness (QED) is 0.909. The number of hydrogen-bond donors (Lipinski definition) is 1. The molecule has 2 N–H and O–H groups in total. The Labute approximate surface area is 112 Å². The van der Waals surface area contributed by atoms with Gasteiger partial charge >= 0.3 is 0 Å². The van der Waals surface area contributed by atoms with Crippen molar-refractivity contribution in [1.82, 2.24) is 19.7 Å². The van der Waals surface area contributed by atoms with Gasteiger partial charge in [0.1, 0.15) is 6.33 Å². The summed E-state index contributed by atoms with van der Waals surface area (Å²) in [7, 11) is 0. The Morgan fingerprint density at radius 3 is 2.74 bits per heavy atom. The van der Waals surface area contributed by atoms with Gasteiger partial charge in [0.25, 0.3) is 0 Å². The summed E-state index contributed by atoms with van der Waals surface area (Å²) in [4.78, 5) is 8.00. The number of hydrogen-bond acceptors (Lipinski definition) is 4. The molecule has 3 rings (SSSR count). The molecule has 2 aromatic rings. The van der Waals surface area contributed by atoms with Crippen molar-refractivity contribution in [3.05, 3.63) is 42.2 Å². The number of aromatic nitrogens is 4. The van der Waals surface area contributed by atoms with Gasteiger partial charge in [0, 0.05) is 36.6 Å². The normalized spacial score (nSPS) is 17.7. The van der Waals surface area contributed by atoms with Crippen molar-refractivity contribution < 1.29 is 0 Å². The summed E-state index contributed by atoms with van der Waals surface area (Å²) in [5.74, 6) is 0. The fourth-order valence-corrected chi connectivity index (χ4v) is 2.70. The van der Waals surface area contributed by atoms with E-state index in [-0.39, 0.29) is 6.04 Å². The van der Waals surface area contributed by atoms with E-state index in [2.05, 4.69) is 32.0 Å². The van der Waals surface area contributed by atoms with Crippen molar-refractivity contribution in [3.63, 3.8) is 0 Å². The summed E-state index contributed by atoms with van der Waals surface area (Å²) in [5, 5.41) is 4.65. The Hall–Kier alpha value is -1.75. The molecule has 0 radical (unpaired) electrons. The molecular formula is C14H19N5. The molecular weight excluding hydrogens is 238 g/mol. The first kappa shape index (κ1) is 12.3. The molecule has 100 valence electrons. The van der Waals surface area contributed by atoms with E-state index >= 15 is 0 Å². The van der Waals surface area contributed by atoms with Crippen molar-refractivity contribution in [1.29, 1.82) is 0 Å². The Balaban J connectivity index is 1.66. The average Bonchev–Trinajstić information content (AvgIpc) is 3.10. The highest BCUT2D eigenvalue weighted by Gasteiger charge is 2.18. The van der Waals surface area contributed by atoms with Crippen LogP contribution >= 0.6 is 0 Å². The highest BCUT2D eigenvalue weighted by atomic mass is 15.3. The van der Waals surface area contributed by atoms with Crippen LogP contribution in [0.3, 0.4) is 0 Å². The van der Waals surface area contributed by atoms with Crippen LogP contribution in [0.4, 0.5) is 0 Å². The van der Waals surface area contributed by atoms with E-state index < -0.39 is 0 Å². The molecule has 0 bridgehead atoms. The molecule has 1 saturated carbocycles. The zero-order valence-corrected chi connectivity index (χ0v) is 10.9. The summed E-state index contributed by atoms with van der Waals surface area (Å²) >= 11 is 0. The van der Waals surface area contributed by atoms with Gasteiger partial charge in [-0.25, -0.2) is 9.97 Å². The van der Waals surface area contributed by atoms with E-state index in [0.717, 1.165) is 17.7 Å². The van der Waals surface area contributed by atoms with Crippen LogP contribution in [0.1, 0.15) is 49.0 Å². The topological polar surface area (TPSA) is 69.6 Å². The third kappa shape index (κ3) is 2.81. The number of rotatable bonds is 4. The Bertz CT molecular complexity index is 516. The molecule has 5 nitrogen and oxygen atoms in total. The Morgan fingerprint density at radius 1 is 1.26 bits per heavy atom. The first-order valence-corrected chi connectivity index (χ1v) is 6.87. The number of nitrogens with zero attached hydrogens (tertiary/aromatic N) is 4. The van der Waals surface area contributed by atoms with Gasteiger partial charge in [0.15, 0.2) is 0 Å². The smallest absolute Gasteiger partial charge is 0.115 e. The van der Waals surface area contributed by atoms with Gasteiger partial charge in [-0.2, -0.15) is 5.10 Å². The SMILES string of the molecule is NC(Cc1ccn(C2CCCC2)n1)c1cncnc1. The van der Waals surface area contributed by atoms with Crippen molar-refractivity contribution in [2.45, 2.75) is 44.2 Å². The van der Waals surface area contributed by atoms with E-state index in [1.54, 1.807) is 12.4 Å². The lowest BCUT2D eigenvalue weighted by molar-refractivity contribution is 0.461. The summed E-state index contributed by atoms with van der Waals surface area (Å²) in [6, 6.07) is 2.57. The lowest BCUT2D eigenvalue weighted by Crippen LogP contribution is -2.15. The fraction of sp³-hybridized carbons (Fsp3) is 0.500. The lowest BCUT2D eigenvalue weighted by atomic mass is 10.1. The molecule has 0 amide bonds. The van der Waals surface area contributed by atoms with Crippen LogP contribution < -0.4 is 5.73 Å². The highest BCUT2D eigenvalue weighted by Crippen LogP contribution is 2.28. The van der Waals surface area contributed by atoms with E-state index in [1.165, 1.54) is 32.0 Å². The Kier molecular flexibility index (Phi) is 3.55. The van der Waals surface area contributed by atoms with E-state index in [1.807, 2.05) is 0 Å². The Morgan fingerprint density at radius 2 is 2.00 bits per heavy atom. The molecule has 1 aliphatic carbocycles. The van der Waals surface area contributed by atoms with Gasteiger partial charge in [-0.3, -0.25) is 4.68 Å². The molecule has 0 saturated heterocycles. The van der Waals surface area contributed by atoms with Gasteiger partial charge in [0.05, 0.1) is 11.7 Å². The van der Waals surface area contributed by atoms with Gasteiger partial charge in [0.2, 0.25) is 0 Å². The van der Waals surface area contributed by atoms with Gasteiger partial charge < -0.3 is 5.73 Å². The predicted octanol–water partition coefficient (Wildman–Crippen LogP) is 2.03. The molecule has 0 spiro atoms. The van der Waals surface area contributed by atoms with Crippen LogP contribution in [-0.4, -0.2) is 19.7 Å². The monoisotopic (exact) mass is 257 g/mol. The van der Waals surface area contributed by atoms with Crippen LogP contribution in [-0.2, 0) is 6.42 Å². The second-order valence-electron chi connectivity index (χ2n) is 5.21. The molecule has 0 aliphatic heterocycles. The van der Waals surface area contributed by atoms with Crippen molar-refractivity contribution in [2.75, 3.05) is 0 Å². The van der Waals surface area contributed by atoms with Crippen LogP contribution in [0.25, 0.3) is 0 Å². The zero-order chi connectivity index (χ0) is 13.1. The second kappa shape index (κ2) is 5.48. The first-order valence-electron chi connectivity index (χ1n) is 6.87. The molecule has 1 aliphatic rings.